The monoisotopic (exact) mass is 447 g/mol. The van der Waals surface area contributed by atoms with Crippen molar-refractivity contribution in [3.05, 3.63) is 34.9 Å². The van der Waals surface area contributed by atoms with Crippen LogP contribution >= 0.6 is 0 Å². The quantitative estimate of drug-likeness (QED) is 0.435. The number of aryl methyl sites for hydroxylation is 2. The molecule has 0 aliphatic heterocycles. The maximum absolute atomic E-state index is 13.4. The fourth-order valence-electron chi connectivity index (χ4n) is 3.83. The summed E-state index contributed by atoms with van der Waals surface area (Å²) in [6.07, 6.45) is 3.47. The second-order valence-electron chi connectivity index (χ2n) is 9.27. The van der Waals surface area contributed by atoms with Crippen molar-refractivity contribution in [1.29, 1.82) is 0 Å². The highest BCUT2D eigenvalue weighted by Gasteiger charge is 2.35. The third kappa shape index (κ3) is 6.31. The molecule has 1 aliphatic rings. The summed E-state index contributed by atoms with van der Waals surface area (Å²) < 4.78 is 8.49. The van der Waals surface area contributed by atoms with Crippen LogP contribution in [0.2, 0.25) is 1.41 Å². The molecule has 8 nitrogen and oxygen atoms in total. The summed E-state index contributed by atoms with van der Waals surface area (Å²) in [5, 5.41) is 21.1. The van der Waals surface area contributed by atoms with Gasteiger partial charge in [-0.2, -0.15) is 0 Å². The van der Waals surface area contributed by atoms with E-state index in [1.807, 2.05) is 18.2 Å². The molecule has 0 saturated heterocycles. The van der Waals surface area contributed by atoms with Gasteiger partial charge in [-0.1, -0.05) is 32.0 Å². The number of hydrogen-bond acceptors (Lipinski definition) is 4. The average Bonchev–Trinajstić information content (AvgIpc) is 2.74. The molecular formula is C24H34N2O6. The number of carbonyl (C=O) groups is 4. The molecule has 2 amide bonds. The van der Waals surface area contributed by atoms with Gasteiger partial charge in [0.15, 0.2) is 1.41 Å². The van der Waals surface area contributed by atoms with Crippen molar-refractivity contribution >= 4 is 23.8 Å². The predicted octanol–water partition coefficient (Wildman–Crippen LogP) is 2.42. The van der Waals surface area contributed by atoms with E-state index in [1.165, 1.54) is 11.1 Å². The van der Waals surface area contributed by atoms with Crippen molar-refractivity contribution in [1.82, 2.24) is 10.6 Å². The summed E-state index contributed by atoms with van der Waals surface area (Å²) in [5.74, 6) is -4.40. The van der Waals surface area contributed by atoms with Gasteiger partial charge in [0.05, 0.1) is 5.41 Å². The summed E-state index contributed by atoms with van der Waals surface area (Å²) in [6, 6.07) is 3.27. The predicted molar refractivity (Wildman–Crippen MR) is 119 cm³/mol. The first-order valence-electron chi connectivity index (χ1n) is 11.5. The Morgan fingerprint density at radius 2 is 1.72 bits per heavy atom. The second kappa shape index (κ2) is 10.6. The van der Waals surface area contributed by atoms with E-state index in [4.69, 9.17) is 6.52 Å². The Morgan fingerprint density at radius 1 is 1.09 bits per heavy atom. The van der Waals surface area contributed by atoms with E-state index in [-0.39, 0.29) is 6.42 Å². The molecule has 0 unspecified atom stereocenters. The van der Waals surface area contributed by atoms with Crippen LogP contribution in [-0.2, 0) is 37.4 Å². The van der Waals surface area contributed by atoms with Crippen molar-refractivity contribution in [2.24, 2.45) is 5.92 Å². The highest BCUT2D eigenvalue weighted by atomic mass is 16.4. The molecule has 1 aromatic carbocycles. The SMILES string of the molecule is [2H]N(C(=O)C(C)(C)c1ccc2c(c1)CCCC2)[C@H](C(=O)N[C@@H](CCC(=O)O)C(=O)O)C(C)C. The highest BCUT2D eigenvalue weighted by molar-refractivity contribution is 5.94. The van der Waals surface area contributed by atoms with Crippen molar-refractivity contribution in [2.45, 2.75) is 83.7 Å². The molecule has 1 aromatic rings. The third-order valence-corrected chi connectivity index (χ3v) is 6.02. The summed E-state index contributed by atoms with van der Waals surface area (Å²) in [5.41, 5.74) is 2.17. The Kier molecular flexibility index (Phi) is 7.88. The van der Waals surface area contributed by atoms with Crippen molar-refractivity contribution in [2.75, 3.05) is 0 Å². The third-order valence-electron chi connectivity index (χ3n) is 6.02. The van der Waals surface area contributed by atoms with Gasteiger partial charge in [-0.05, 0) is 68.6 Å². The molecule has 2 atom stereocenters. The van der Waals surface area contributed by atoms with Gasteiger partial charge >= 0.3 is 11.9 Å². The van der Waals surface area contributed by atoms with Gasteiger partial charge in [0.1, 0.15) is 12.1 Å². The number of carboxylic acids is 2. The molecule has 0 aromatic heterocycles. The summed E-state index contributed by atoms with van der Waals surface area (Å²) >= 11 is 0. The Labute approximate surface area is 190 Å². The lowest BCUT2D eigenvalue weighted by Crippen LogP contribution is -2.56. The van der Waals surface area contributed by atoms with E-state index in [0.717, 1.165) is 31.2 Å². The van der Waals surface area contributed by atoms with Crippen molar-refractivity contribution in [3.63, 3.8) is 0 Å². The van der Waals surface area contributed by atoms with Gasteiger partial charge in [0.25, 0.3) is 0 Å². The Bertz CT molecular complexity index is 914. The van der Waals surface area contributed by atoms with Crippen LogP contribution in [0.4, 0.5) is 0 Å². The highest BCUT2D eigenvalue weighted by Crippen LogP contribution is 2.29. The number of aliphatic carboxylic acids is 2. The second-order valence-corrected chi connectivity index (χ2v) is 9.27. The van der Waals surface area contributed by atoms with Gasteiger partial charge in [0.2, 0.25) is 11.8 Å². The zero-order chi connectivity index (χ0) is 24.9. The van der Waals surface area contributed by atoms with Crippen LogP contribution in [0, 0.1) is 5.92 Å². The van der Waals surface area contributed by atoms with Gasteiger partial charge in [0, 0.05) is 6.42 Å². The standard InChI is InChI=1S/C24H34N2O6/c1-14(2)20(21(29)25-18(22(30)31)11-12-19(27)28)26-23(32)24(3,4)17-10-9-15-7-5-6-8-16(15)13-17/h9-10,13-14,18,20H,5-8,11-12H2,1-4H3,(H,25,29)(H,26,32)(H,27,28)(H,30,31)/t18-,20-/m0/s1/i/hD. The molecule has 1 aliphatic carbocycles. The van der Waals surface area contributed by atoms with Crippen LogP contribution in [0.3, 0.4) is 0 Å². The first-order valence-corrected chi connectivity index (χ1v) is 11.1. The number of amides is 2. The van der Waals surface area contributed by atoms with E-state index in [9.17, 15) is 24.3 Å². The molecule has 2 rings (SSSR count). The number of nitrogens with one attached hydrogen (secondary N) is 2. The topological polar surface area (TPSA) is 133 Å². The largest absolute Gasteiger partial charge is 0.481 e. The van der Waals surface area contributed by atoms with E-state index >= 15 is 0 Å². The van der Waals surface area contributed by atoms with Gasteiger partial charge in [-0.3, -0.25) is 14.4 Å². The smallest absolute Gasteiger partial charge is 0.326 e. The number of benzene rings is 1. The lowest BCUT2D eigenvalue weighted by atomic mass is 9.80. The lowest BCUT2D eigenvalue weighted by Gasteiger charge is -2.30. The average molecular weight is 448 g/mol. The van der Waals surface area contributed by atoms with Crippen molar-refractivity contribution in [3.8, 4) is 0 Å². The molecule has 0 saturated carbocycles. The molecule has 0 spiro atoms. The van der Waals surface area contributed by atoms with Gasteiger partial charge in [-0.15, -0.1) is 0 Å². The van der Waals surface area contributed by atoms with Crippen LogP contribution in [0.25, 0.3) is 0 Å². The molecule has 32 heavy (non-hydrogen) atoms. The molecule has 8 heteroatoms. The zero-order valence-corrected chi connectivity index (χ0v) is 19.2. The van der Waals surface area contributed by atoms with E-state index < -0.39 is 53.6 Å². The van der Waals surface area contributed by atoms with Crippen LogP contribution in [0.5, 0.6) is 0 Å². The number of fused-ring (bicyclic) bond motifs is 1. The molecule has 4 N–H and O–H groups in total. The molecule has 0 fully saturated rings. The summed E-state index contributed by atoms with van der Waals surface area (Å²) in [7, 11) is 0. The van der Waals surface area contributed by atoms with Crippen LogP contribution in [0.15, 0.2) is 18.2 Å². The molecular weight excluding hydrogens is 412 g/mol. The van der Waals surface area contributed by atoms with E-state index in [0.29, 0.717) is 5.31 Å². The van der Waals surface area contributed by atoms with Gasteiger partial charge < -0.3 is 20.8 Å². The minimum absolute atomic E-state index is 0.298. The fraction of sp³-hybridized carbons (Fsp3) is 0.583. The molecule has 0 bridgehead atoms. The molecule has 0 radical (unpaired) electrons. The number of rotatable bonds is 10. The summed E-state index contributed by atoms with van der Waals surface area (Å²) in [4.78, 5) is 48.6. The first kappa shape index (κ1) is 23.8. The first-order chi connectivity index (χ1) is 15.4. The van der Waals surface area contributed by atoms with Crippen LogP contribution < -0.4 is 10.6 Å². The van der Waals surface area contributed by atoms with E-state index in [2.05, 4.69) is 5.32 Å². The number of carboxylic acid groups (broad SMARTS) is 2. The maximum Gasteiger partial charge on any atom is 0.326 e. The maximum atomic E-state index is 13.4. The Hall–Kier alpha value is -2.90. The Morgan fingerprint density at radius 3 is 2.28 bits per heavy atom. The van der Waals surface area contributed by atoms with E-state index in [1.54, 1.807) is 27.7 Å². The molecule has 176 valence electrons. The normalized spacial score (nSPS) is 15.8. The minimum Gasteiger partial charge on any atom is -0.481 e. The minimum atomic E-state index is -1.42. The molecule has 0 heterocycles. The fourth-order valence-corrected chi connectivity index (χ4v) is 3.83. The lowest BCUT2D eigenvalue weighted by molar-refractivity contribution is -0.143. The van der Waals surface area contributed by atoms with Gasteiger partial charge in [-0.25, -0.2) is 4.79 Å². The summed E-state index contributed by atoms with van der Waals surface area (Å²) in [6.45, 7) is 6.75. The number of carbonyl (C=O) groups excluding carboxylic acids is 2. The number of hydrogen-bond donors (Lipinski definition) is 4. The Balaban J connectivity index is 2.23. The van der Waals surface area contributed by atoms with Crippen LogP contribution in [-0.4, -0.2) is 46.0 Å². The zero-order valence-electron chi connectivity index (χ0n) is 20.2. The van der Waals surface area contributed by atoms with Crippen molar-refractivity contribution < 1.29 is 30.8 Å². The van der Waals surface area contributed by atoms with Crippen LogP contribution in [0.1, 0.15) is 70.1 Å².